The highest BCUT2D eigenvalue weighted by Gasteiger charge is 2.42. The number of benzene rings is 1. The molecule has 2 aliphatic heterocycles. The van der Waals surface area contributed by atoms with Crippen molar-refractivity contribution in [3.63, 3.8) is 0 Å². The molecule has 2 amide bonds. The summed E-state index contributed by atoms with van der Waals surface area (Å²) >= 11 is 5.11. The molecule has 2 aromatic rings. The van der Waals surface area contributed by atoms with Crippen LogP contribution >= 0.6 is 27.7 Å². The second-order valence-electron chi connectivity index (χ2n) is 8.10. The van der Waals surface area contributed by atoms with Gasteiger partial charge in [0.1, 0.15) is 6.04 Å². The first-order valence-electron chi connectivity index (χ1n) is 10.6. The number of hydrogen-bond acceptors (Lipinski definition) is 5. The topological polar surface area (TPSA) is 90.1 Å². The number of carbonyl (C=O) groups is 2. The van der Waals surface area contributed by atoms with Crippen LogP contribution in [0.25, 0.3) is 0 Å². The highest BCUT2D eigenvalue weighted by molar-refractivity contribution is 9.10. The predicted octanol–water partition coefficient (Wildman–Crippen LogP) is 2.69. The van der Waals surface area contributed by atoms with E-state index in [-0.39, 0.29) is 17.4 Å². The SMILES string of the molecule is CSCC[C@@H](NC(=O)c1ccccc1Br)C(=O)N1CCC2(CC1)NCCc1[nH]cnc12. The molecule has 1 spiro atoms. The number of piperidine rings is 1. The molecule has 0 aliphatic carbocycles. The maximum atomic E-state index is 13.4. The predicted molar refractivity (Wildman–Crippen MR) is 126 cm³/mol. The number of aromatic amines is 1. The van der Waals surface area contributed by atoms with Crippen LogP contribution < -0.4 is 10.6 Å². The zero-order valence-corrected chi connectivity index (χ0v) is 20.0. The number of likely N-dealkylation sites (tertiary alicyclic amines) is 1. The van der Waals surface area contributed by atoms with Crippen LogP contribution in [0.4, 0.5) is 0 Å². The summed E-state index contributed by atoms with van der Waals surface area (Å²) in [4.78, 5) is 35.9. The van der Waals surface area contributed by atoms with Crippen molar-refractivity contribution in [3.8, 4) is 0 Å². The molecule has 1 aromatic heterocycles. The molecular formula is C22H28BrN5O2S. The Morgan fingerprint density at radius 2 is 2.10 bits per heavy atom. The molecular weight excluding hydrogens is 478 g/mol. The van der Waals surface area contributed by atoms with Crippen LogP contribution in [0, 0.1) is 0 Å². The number of rotatable bonds is 6. The lowest BCUT2D eigenvalue weighted by molar-refractivity contribution is -0.135. The maximum absolute atomic E-state index is 13.4. The van der Waals surface area contributed by atoms with Gasteiger partial charge in [-0.15, -0.1) is 0 Å². The Morgan fingerprint density at radius 1 is 1.32 bits per heavy atom. The molecule has 0 radical (unpaired) electrons. The van der Waals surface area contributed by atoms with Gasteiger partial charge in [0, 0.05) is 36.2 Å². The molecule has 1 atom stereocenters. The fourth-order valence-corrected chi connectivity index (χ4v) is 5.49. The van der Waals surface area contributed by atoms with Crippen LogP contribution in [0.15, 0.2) is 35.1 Å². The van der Waals surface area contributed by atoms with E-state index in [0.717, 1.165) is 41.7 Å². The molecule has 1 saturated heterocycles. The van der Waals surface area contributed by atoms with Crippen LogP contribution in [0.1, 0.15) is 41.0 Å². The molecule has 2 aliphatic rings. The van der Waals surface area contributed by atoms with Crippen molar-refractivity contribution in [2.75, 3.05) is 31.6 Å². The number of nitrogens with zero attached hydrogens (tertiary/aromatic N) is 2. The van der Waals surface area contributed by atoms with E-state index in [2.05, 4.69) is 36.5 Å². The number of nitrogens with one attached hydrogen (secondary N) is 3. The summed E-state index contributed by atoms with van der Waals surface area (Å²) in [7, 11) is 0. The number of amides is 2. The first kappa shape index (κ1) is 22.4. The smallest absolute Gasteiger partial charge is 0.253 e. The van der Waals surface area contributed by atoms with Gasteiger partial charge in [-0.25, -0.2) is 4.98 Å². The molecule has 0 bridgehead atoms. The summed E-state index contributed by atoms with van der Waals surface area (Å²) in [6, 6.07) is 6.75. The molecule has 4 rings (SSSR count). The Hall–Kier alpha value is -1.84. The van der Waals surface area contributed by atoms with Gasteiger partial charge in [-0.05, 0) is 59.3 Å². The number of halogens is 1. The van der Waals surface area contributed by atoms with Crippen molar-refractivity contribution in [3.05, 3.63) is 52.0 Å². The lowest BCUT2D eigenvalue weighted by Gasteiger charge is -2.44. The van der Waals surface area contributed by atoms with Gasteiger partial charge < -0.3 is 20.5 Å². The van der Waals surface area contributed by atoms with Gasteiger partial charge in [-0.2, -0.15) is 11.8 Å². The third kappa shape index (κ3) is 4.68. The Kier molecular flexibility index (Phi) is 7.03. The lowest BCUT2D eigenvalue weighted by atomic mass is 9.80. The van der Waals surface area contributed by atoms with Crippen molar-refractivity contribution < 1.29 is 9.59 Å². The lowest BCUT2D eigenvalue weighted by Crippen LogP contribution is -2.57. The summed E-state index contributed by atoms with van der Waals surface area (Å²) < 4.78 is 0.724. The van der Waals surface area contributed by atoms with Gasteiger partial charge in [-0.3, -0.25) is 9.59 Å². The molecule has 1 fully saturated rings. The van der Waals surface area contributed by atoms with Gasteiger partial charge in [0.25, 0.3) is 5.91 Å². The highest BCUT2D eigenvalue weighted by Crippen LogP contribution is 2.36. The number of thioether (sulfide) groups is 1. The first-order valence-corrected chi connectivity index (χ1v) is 12.8. The Morgan fingerprint density at radius 3 is 2.84 bits per heavy atom. The van der Waals surface area contributed by atoms with Crippen LogP contribution in [0.2, 0.25) is 0 Å². The van der Waals surface area contributed by atoms with E-state index >= 15 is 0 Å². The van der Waals surface area contributed by atoms with E-state index in [1.807, 2.05) is 29.4 Å². The number of hydrogen-bond donors (Lipinski definition) is 3. The minimum absolute atomic E-state index is 0.00219. The van der Waals surface area contributed by atoms with Crippen molar-refractivity contribution in [2.24, 2.45) is 0 Å². The van der Waals surface area contributed by atoms with Gasteiger partial charge in [0.2, 0.25) is 5.91 Å². The quantitative estimate of drug-likeness (QED) is 0.561. The average molecular weight is 506 g/mol. The number of H-pyrrole nitrogens is 1. The zero-order chi connectivity index (χ0) is 21.8. The number of fused-ring (bicyclic) bond motifs is 2. The summed E-state index contributed by atoms with van der Waals surface area (Å²) in [6.07, 6.45) is 7.00. The van der Waals surface area contributed by atoms with Crippen LogP contribution in [-0.2, 0) is 16.8 Å². The van der Waals surface area contributed by atoms with Gasteiger partial charge >= 0.3 is 0 Å². The second kappa shape index (κ2) is 9.75. The van der Waals surface area contributed by atoms with E-state index < -0.39 is 6.04 Å². The minimum atomic E-state index is -0.527. The summed E-state index contributed by atoms with van der Waals surface area (Å²) in [5.74, 6) is 0.584. The fraction of sp³-hybridized carbons (Fsp3) is 0.500. The van der Waals surface area contributed by atoms with Gasteiger partial charge in [-0.1, -0.05) is 12.1 Å². The van der Waals surface area contributed by atoms with Crippen LogP contribution in [-0.4, -0.2) is 64.4 Å². The Balaban J connectivity index is 1.44. The van der Waals surface area contributed by atoms with E-state index in [1.54, 1.807) is 24.2 Å². The zero-order valence-electron chi connectivity index (χ0n) is 17.6. The first-order chi connectivity index (χ1) is 15.0. The van der Waals surface area contributed by atoms with Gasteiger partial charge in [0.15, 0.2) is 0 Å². The average Bonchev–Trinajstić information content (AvgIpc) is 3.27. The number of imidazole rings is 1. The van der Waals surface area contributed by atoms with E-state index in [9.17, 15) is 9.59 Å². The third-order valence-electron chi connectivity index (χ3n) is 6.27. The highest BCUT2D eigenvalue weighted by atomic mass is 79.9. The van der Waals surface area contributed by atoms with Crippen LogP contribution in [0.3, 0.4) is 0 Å². The molecule has 1 aromatic carbocycles. The minimum Gasteiger partial charge on any atom is -0.348 e. The normalized spacial score (nSPS) is 18.5. The largest absolute Gasteiger partial charge is 0.348 e. The molecule has 7 nitrogen and oxygen atoms in total. The third-order valence-corrected chi connectivity index (χ3v) is 7.61. The molecule has 0 saturated carbocycles. The van der Waals surface area contributed by atoms with Crippen molar-refractivity contribution in [2.45, 2.75) is 37.3 Å². The molecule has 0 unspecified atom stereocenters. The Labute approximate surface area is 195 Å². The molecule has 9 heteroatoms. The standard InChI is InChI=1S/C22H28BrN5O2S/c1-31-13-7-18(27-20(29)15-4-2-3-5-16(15)23)21(30)28-11-8-22(9-12-28)19-17(6-10-26-22)24-14-25-19/h2-5,14,18,26H,6-13H2,1H3,(H,24,25)(H,27,29)/t18-/m1/s1. The molecule has 31 heavy (non-hydrogen) atoms. The van der Waals surface area contributed by atoms with Crippen molar-refractivity contribution in [1.29, 1.82) is 0 Å². The summed E-state index contributed by atoms with van der Waals surface area (Å²) in [5.41, 5.74) is 2.70. The van der Waals surface area contributed by atoms with E-state index in [1.165, 1.54) is 5.69 Å². The number of carbonyl (C=O) groups excluding carboxylic acids is 2. The fourth-order valence-electron chi connectivity index (χ4n) is 4.55. The van der Waals surface area contributed by atoms with E-state index in [4.69, 9.17) is 0 Å². The number of aromatic nitrogens is 2. The van der Waals surface area contributed by atoms with Crippen molar-refractivity contribution in [1.82, 2.24) is 25.5 Å². The molecule has 3 N–H and O–H groups in total. The maximum Gasteiger partial charge on any atom is 0.253 e. The van der Waals surface area contributed by atoms with Gasteiger partial charge in [0.05, 0.1) is 23.1 Å². The summed E-state index contributed by atoms with van der Waals surface area (Å²) in [6.45, 7) is 2.22. The summed E-state index contributed by atoms with van der Waals surface area (Å²) in [5, 5.41) is 6.64. The van der Waals surface area contributed by atoms with Crippen LogP contribution in [0.5, 0.6) is 0 Å². The molecule has 3 heterocycles. The van der Waals surface area contributed by atoms with E-state index in [0.29, 0.717) is 25.1 Å². The monoisotopic (exact) mass is 505 g/mol. The Bertz CT molecular complexity index is 941. The molecule has 166 valence electrons. The van der Waals surface area contributed by atoms with Crippen molar-refractivity contribution >= 4 is 39.5 Å². The second-order valence-corrected chi connectivity index (χ2v) is 9.94.